The standard InChI is InChI=1S/C12H14F3NO/c13-12(14,15)9-3-5-10(6-4-9)16-7-1-2-11(17)8-16/h3-6,11,17H,1-2,7-8H2/t11-/m0/s1. The van der Waals surface area contributed by atoms with Gasteiger partial charge in [-0.1, -0.05) is 0 Å². The molecular weight excluding hydrogens is 231 g/mol. The molecule has 1 fully saturated rings. The molecule has 0 unspecified atom stereocenters. The Hall–Kier alpha value is -1.23. The lowest BCUT2D eigenvalue weighted by molar-refractivity contribution is -0.137. The highest BCUT2D eigenvalue weighted by molar-refractivity contribution is 5.48. The van der Waals surface area contributed by atoms with Crippen LogP contribution in [0.2, 0.25) is 0 Å². The van der Waals surface area contributed by atoms with Crippen LogP contribution in [0.25, 0.3) is 0 Å². The maximum atomic E-state index is 12.4. The van der Waals surface area contributed by atoms with Crippen molar-refractivity contribution in [2.24, 2.45) is 0 Å². The number of aliphatic hydroxyl groups excluding tert-OH is 1. The molecule has 0 aliphatic carbocycles. The SMILES string of the molecule is O[C@H]1CCCN(c2ccc(C(F)(F)F)cc2)C1. The minimum absolute atomic E-state index is 0.383. The summed E-state index contributed by atoms with van der Waals surface area (Å²) >= 11 is 0. The van der Waals surface area contributed by atoms with E-state index < -0.39 is 11.7 Å². The zero-order valence-electron chi connectivity index (χ0n) is 9.24. The quantitative estimate of drug-likeness (QED) is 0.822. The Labute approximate surface area is 97.7 Å². The average molecular weight is 245 g/mol. The van der Waals surface area contributed by atoms with Gasteiger partial charge < -0.3 is 10.0 Å². The Morgan fingerprint density at radius 3 is 2.35 bits per heavy atom. The molecule has 2 nitrogen and oxygen atoms in total. The maximum Gasteiger partial charge on any atom is 0.416 e. The molecule has 1 atom stereocenters. The number of hydrogen-bond donors (Lipinski definition) is 1. The van der Waals surface area contributed by atoms with Crippen LogP contribution in [0.5, 0.6) is 0 Å². The molecule has 0 aromatic heterocycles. The Morgan fingerprint density at radius 2 is 1.82 bits per heavy atom. The summed E-state index contributed by atoms with van der Waals surface area (Å²) in [5, 5.41) is 9.50. The lowest BCUT2D eigenvalue weighted by Crippen LogP contribution is -2.38. The normalized spacial score (nSPS) is 21.6. The summed E-state index contributed by atoms with van der Waals surface area (Å²) in [5.74, 6) is 0. The van der Waals surface area contributed by atoms with Crippen molar-refractivity contribution < 1.29 is 18.3 Å². The van der Waals surface area contributed by atoms with E-state index in [1.165, 1.54) is 12.1 Å². The van der Waals surface area contributed by atoms with E-state index in [0.717, 1.165) is 37.2 Å². The van der Waals surface area contributed by atoms with E-state index in [4.69, 9.17) is 0 Å². The van der Waals surface area contributed by atoms with Gasteiger partial charge in [0.05, 0.1) is 11.7 Å². The van der Waals surface area contributed by atoms with Crippen LogP contribution in [0.3, 0.4) is 0 Å². The molecule has 1 aromatic carbocycles. The molecule has 2 rings (SSSR count). The van der Waals surface area contributed by atoms with Gasteiger partial charge in [0, 0.05) is 18.8 Å². The van der Waals surface area contributed by atoms with Crippen molar-refractivity contribution >= 4 is 5.69 Å². The zero-order chi connectivity index (χ0) is 12.5. The number of halogens is 3. The van der Waals surface area contributed by atoms with Crippen LogP contribution in [-0.2, 0) is 6.18 Å². The van der Waals surface area contributed by atoms with E-state index >= 15 is 0 Å². The fourth-order valence-corrected chi connectivity index (χ4v) is 2.05. The molecule has 0 amide bonds. The lowest BCUT2D eigenvalue weighted by atomic mass is 10.1. The van der Waals surface area contributed by atoms with Crippen LogP contribution < -0.4 is 4.90 Å². The van der Waals surface area contributed by atoms with Crippen LogP contribution >= 0.6 is 0 Å². The van der Waals surface area contributed by atoms with Crippen molar-refractivity contribution in [3.05, 3.63) is 29.8 Å². The highest BCUT2D eigenvalue weighted by Crippen LogP contribution is 2.31. The number of piperidine rings is 1. The Morgan fingerprint density at radius 1 is 1.18 bits per heavy atom. The van der Waals surface area contributed by atoms with Gasteiger partial charge in [-0.3, -0.25) is 0 Å². The van der Waals surface area contributed by atoms with Crippen LogP contribution in [0, 0.1) is 0 Å². The van der Waals surface area contributed by atoms with Crippen LogP contribution in [0.1, 0.15) is 18.4 Å². The van der Waals surface area contributed by atoms with Gasteiger partial charge in [0.1, 0.15) is 0 Å². The third-order valence-corrected chi connectivity index (χ3v) is 2.96. The van der Waals surface area contributed by atoms with Crippen molar-refractivity contribution in [2.75, 3.05) is 18.0 Å². The van der Waals surface area contributed by atoms with Crippen molar-refractivity contribution in [1.82, 2.24) is 0 Å². The molecule has 5 heteroatoms. The van der Waals surface area contributed by atoms with Gasteiger partial charge >= 0.3 is 6.18 Å². The Kier molecular flexibility index (Phi) is 3.28. The molecule has 1 N–H and O–H groups in total. The van der Waals surface area contributed by atoms with E-state index in [-0.39, 0.29) is 6.10 Å². The summed E-state index contributed by atoms with van der Waals surface area (Å²) in [6.45, 7) is 1.27. The number of rotatable bonds is 1. The van der Waals surface area contributed by atoms with E-state index in [9.17, 15) is 18.3 Å². The van der Waals surface area contributed by atoms with Gasteiger partial charge in [-0.2, -0.15) is 13.2 Å². The molecular formula is C12H14F3NO. The predicted molar refractivity (Wildman–Crippen MR) is 58.9 cm³/mol. The van der Waals surface area contributed by atoms with Crippen LogP contribution in [0.4, 0.5) is 18.9 Å². The lowest BCUT2D eigenvalue weighted by Gasteiger charge is -2.32. The minimum Gasteiger partial charge on any atom is -0.391 e. The molecule has 0 saturated carbocycles. The van der Waals surface area contributed by atoms with Gasteiger partial charge in [0.15, 0.2) is 0 Å². The maximum absolute atomic E-state index is 12.4. The van der Waals surface area contributed by atoms with E-state index in [0.29, 0.717) is 6.54 Å². The Balaban J connectivity index is 2.12. The third kappa shape index (κ3) is 2.91. The smallest absolute Gasteiger partial charge is 0.391 e. The number of benzene rings is 1. The van der Waals surface area contributed by atoms with Crippen molar-refractivity contribution in [1.29, 1.82) is 0 Å². The van der Waals surface area contributed by atoms with Gasteiger partial charge in [0.2, 0.25) is 0 Å². The second kappa shape index (κ2) is 4.56. The number of alkyl halides is 3. The van der Waals surface area contributed by atoms with E-state index in [1.54, 1.807) is 0 Å². The minimum atomic E-state index is -4.29. The summed E-state index contributed by atoms with van der Waals surface area (Å²) in [5.41, 5.74) is 0.0931. The van der Waals surface area contributed by atoms with Gasteiger partial charge in [0.25, 0.3) is 0 Å². The Bertz CT molecular complexity index is 374. The molecule has 1 saturated heterocycles. The average Bonchev–Trinajstić information content (AvgIpc) is 2.28. The number of anilines is 1. The molecule has 1 heterocycles. The second-order valence-electron chi connectivity index (χ2n) is 4.29. The van der Waals surface area contributed by atoms with Crippen molar-refractivity contribution in [2.45, 2.75) is 25.1 Å². The fraction of sp³-hybridized carbons (Fsp3) is 0.500. The van der Waals surface area contributed by atoms with E-state index in [2.05, 4.69) is 0 Å². The highest BCUT2D eigenvalue weighted by atomic mass is 19.4. The molecule has 1 aromatic rings. The summed E-state index contributed by atoms with van der Waals surface area (Å²) in [6.07, 6.45) is -3.05. The summed E-state index contributed by atoms with van der Waals surface area (Å²) in [7, 11) is 0. The van der Waals surface area contributed by atoms with Crippen molar-refractivity contribution in [3.63, 3.8) is 0 Å². The fourth-order valence-electron chi connectivity index (χ4n) is 2.05. The molecule has 94 valence electrons. The van der Waals surface area contributed by atoms with Crippen molar-refractivity contribution in [3.8, 4) is 0 Å². The topological polar surface area (TPSA) is 23.5 Å². The number of hydrogen-bond acceptors (Lipinski definition) is 2. The summed E-state index contributed by atoms with van der Waals surface area (Å²) in [6, 6.07) is 5.08. The first-order valence-corrected chi connectivity index (χ1v) is 5.57. The number of nitrogens with zero attached hydrogens (tertiary/aromatic N) is 1. The first kappa shape index (κ1) is 12.2. The summed E-state index contributed by atoms with van der Waals surface area (Å²) in [4.78, 5) is 1.91. The number of β-amino-alcohol motifs (C(OH)–C–C–N with tert-alkyl or cyclic N) is 1. The molecule has 0 bridgehead atoms. The molecule has 0 radical (unpaired) electrons. The first-order chi connectivity index (χ1) is 7.97. The largest absolute Gasteiger partial charge is 0.416 e. The van der Waals surface area contributed by atoms with Gasteiger partial charge in [-0.05, 0) is 37.1 Å². The number of aliphatic hydroxyl groups is 1. The third-order valence-electron chi connectivity index (χ3n) is 2.96. The van der Waals surface area contributed by atoms with Gasteiger partial charge in [-0.25, -0.2) is 0 Å². The zero-order valence-corrected chi connectivity index (χ0v) is 9.24. The monoisotopic (exact) mass is 245 g/mol. The molecule has 1 aliphatic heterocycles. The first-order valence-electron chi connectivity index (χ1n) is 5.57. The highest BCUT2D eigenvalue weighted by Gasteiger charge is 2.30. The van der Waals surface area contributed by atoms with Crippen LogP contribution in [0.15, 0.2) is 24.3 Å². The van der Waals surface area contributed by atoms with E-state index in [1.807, 2.05) is 4.90 Å². The predicted octanol–water partition coefficient (Wildman–Crippen LogP) is 2.67. The van der Waals surface area contributed by atoms with Crippen LogP contribution in [-0.4, -0.2) is 24.3 Å². The second-order valence-corrected chi connectivity index (χ2v) is 4.29. The molecule has 17 heavy (non-hydrogen) atoms. The molecule has 0 spiro atoms. The van der Waals surface area contributed by atoms with Gasteiger partial charge in [-0.15, -0.1) is 0 Å². The molecule has 1 aliphatic rings. The summed E-state index contributed by atoms with van der Waals surface area (Å²) < 4.78 is 37.1.